The van der Waals surface area contributed by atoms with Crippen molar-refractivity contribution < 1.29 is 19.4 Å². The van der Waals surface area contributed by atoms with Gasteiger partial charge < -0.3 is 24.8 Å². The van der Waals surface area contributed by atoms with E-state index in [2.05, 4.69) is 10.2 Å². The molecule has 0 amide bonds. The summed E-state index contributed by atoms with van der Waals surface area (Å²) in [6.07, 6.45) is 1.18. The van der Waals surface area contributed by atoms with Crippen molar-refractivity contribution in [2.45, 2.75) is 38.3 Å². The normalized spacial score (nSPS) is 19.0. The lowest BCUT2D eigenvalue weighted by Crippen LogP contribution is -2.57. The number of ether oxygens (including phenoxy) is 2. The Balaban J connectivity index is 1.64. The van der Waals surface area contributed by atoms with E-state index in [4.69, 9.17) is 26.1 Å². The number of piperazine rings is 1. The molecular formula is C25H30ClN3O4. The van der Waals surface area contributed by atoms with Gasteiger partial charge in [-0.1, -0.05) is 23.7 Å². The van der Waals surface area contributed by atoms with Crippen LogP contribution >= 0.6 is 11.6 Å². The standard InChI is InChI=1S/C25H30ClN3O4/c1-25(2,32-3)11-10-17(24(30)31)20-15-29(13-12-27-20)23-18-6-4-5-7-21(18)33-22-9-8-16(26)14-19(22)28-23/h4-9,14,17,20,27H,10-13,15H2,1-3H3,(H,30,31)/t17?,20-/m0/s1. The van der Waals surface area contributed by atoms with Gasteiger partial charge in [0.25, 0.3) is 0 Å². The molecule has 2 atom stereocenters. The minimum atomic E-state index is -0.801. The van der Waals surface area contributed by atoms with Gasteiger partial charge in [0.1, 0.15) is 17.3 Å². The summed E-state index contributed by atoms with van der Waals surface area (Å²) >= 11 is 6.23. The summed E-state index contributed by atoms with van der Waals surface area (Å²) in [6, 6.07) is 12.9. The van der Waals surface area contributed by atoms with E-state index in [0.29, 0.717) is 54.7 Å². The van der Waals surface area contributed by atoms with Crippen LogP contribution in [-0.2, 0) is 9.53 Å². The van der Waals surface area contributed by atoms with Crippen LogP contribution in [-0.4, -0.2) is 60.2 Å². The third-order valence-corrected chi connectivity index (χ3v) is 6.65. The molecule has 33 heavy (non-hydrogen) atoms. The van der Waals surface area contributed by atoms with Crippen molar-refractivity contribution in [2.75, 3.05) is 26.7 Å². The SMILES string of the molecule is COC(C)(C)CCC(C(=O)O)[C@@H]1CN(C2=Nc3cc(Cl)ccc3Oc3ccccc32)CCN1. The molecule has 0 spiro atoms. The van der Waals surface area contributed by atoms with Gasteiger partial charge in [-0.05, 0) is 57.0 Å². The molecule has 2 aliphatic rings. The highest BCUT2D eigenvalue weighted by molar-refractivity contribution is 6.31. The third-order valence-electron chi connectivity index (χ3n) is 6.41. The van der Waals surface area contributed by atoms with Gasteiger partial charge in [0.2, 0.25) is 0 Å². The number of aliphatic imine (C=N–C) groups is 1. The summed E-state index contributed by atoms with van der Waals surface area (Å²) in [6.45, 7) is 5.84. The molecular weight excluding hydrogens is 442 g/mol. The lowest BCUT2D eigenvalue weighted by Gasteiger charge is -2.38. The van der Waals surface area contributed by atoms with Crippen LogP contribution in [0.5, 0.6) is 11.5 Å². The zero-order chi connectivity index (χ0) is 23.6. The van der Waals surface area contributed by atoms with Crippen LogP contribution in [0.15, 0.2) is 47.5 Å². The van der Waals surface area contributed by atoms with Crippen molar-refractivity contribution in [2.24, 2.45) is 10.9 Å². The highest BCUT2D eigenvalue weighted by atomic mass is 35.5. The molecule has 0 aromatic heterocycles. The number of aliphatic carboxylic acids is 1. The van der Waals surface area contributed by atoms with Gasteiger partial charge in [-0.2, -0.15) is 0 Å². The number of hydrogen-bond donors (Lipinski definition) is 2. The fraction of sp³-hybridized carbons (Fsp3) is 0.440. The van der Waals surface area contributed by atoms with Crippen molar-refractivity contribution >= 4 is 29.1 Å². The quantitative estimate of drug-likeness (QED) is 0.635. The van der Waals surface area contributed by atoms with Crippen LogP contribution < -0.4 is 10.1 Å². The Morgan fingerprint density at radius 1 is 1.33 bits per heavy atom. The van der Waals surface area contributed by atoms with E-state index in [1.165, 1.54) is 0 Å². The zero-order valence-electron chi connectivity index (χ0n) is 19.2. The predicted molar refractivity (Wildman–Crippen MR) is 129 cm³/mol. The van der Waals surface area contributed by atoms with Crippen molar-refractivity contribution in [3.8, 4) is 11.5 Å². The number of fused-ring (bicyclic) bond motifs is 2. The second kappa shape index (κ2) is 9.71. The fourth-order valence-corrected chi connectivity index (χ4v) is 4.45. The Morgan fingerprint density at radius 3 is 2.88 bits per heavy atom. The zero-order valence-corrected chi connectivity index (χ0v) is 19.9. The van der Waals surface area contributed by atoms with Gasteiger partial charge in [-0.25, -0.2) is 4.99 Å². The fourth-order valence-electron chi connectivity index (χ4n) is 4.28. The van der Waals surface area contributed by atoms with Crippen molar-refractivity contribution in [1.29, 1.82) is 0 Å². The number of carboxylic acid groups (broad SMARTS) is 1. The number of nitrogens with zero attached hydrogens (tertiary/aromatic N) is 2. The maximum absolute atomic E-state index is 12.2. The smallest absolute Gasteiger partial charge is 0.308 e. The number of hydrogen-bond acceptors (Lipinski definition) is 6. The third kappa shape index (κ3) is 5.32. The van der Waals surface area contributed by atoms with Crippen LogP contribution in [0.3, 0.4) is 0 Å². The van der Waals surface area contributed by atoms with Crippen molar-refractivity contribution in [3.05, 3.63) is 53.1 Å². The van der Waals surface area contributed by atoms with Gasteiger partial charge in [0.05, 0.1) is 17.1 Å². The molecule has 1 fully saturated rings. The lowest BCUT2D eigenvalue weighted by molar-refractivity contribution is -0.143. The summed E-state index contributed by atoms with van der Waals surface area (Å²) in [5, 5.41) is 14.0. The van der Waals surface area contributed by atoms with E-state index >= 15 is 0 Å². The highest BCUT2D eigenvalue weighted by Gasteiger charge is 2.35. The Bertz CT molecular complexity index is 1060. The van der Waals surface area contributed by atoms with Gasteiger partial charge in [-0.3, -0.25) is 4.79 Å². The molecule has 2 aromatic rings. The Kier molecular flexibility index (Phi) is 6.93. The molecule has 2 aromatic carbocycles. The number of nitrogens with one attached hydrogen (secondary N) is 1. The van der Waals surface area contributed by atoms with E-state index in [0.717, 1.165) is 11.4 Å². The average Bonchev–Trinajstić information content (AvgIpc) is 2.95. The van der Waals surface area contributed by atoms with Crippen LogP contribution in [0.25, 0.3) is 0 Å². The van der Waals surface area contributed by atoms with Crippen LogP contribution in [0, 0.1) is 5.92 Å². The van der Waals surface area contributed by atoms with Gasteiger partial charge in [-0.15, -0.1) is 0 Å². The predicted octanol–water partition coefficient (Wildman–Crippen LogP) is 4.70. The lowest BCUT2D eigenvalue weighted by atomic mass is 9.88. The number of rotatable bonds is 6. The van der Waals surface area contributed by atoms with E-state index in [-0.39, 0.29) is 11.6 Å². The molecule has 4 rings (SSSR count). The first-order valence-corrected chi connectivity index (χ1v) is 11.6. The number of carbonyl (C=O) groups is 1. The number of carboxylic acids is 1. The minimum Gasteiger partial charge on any atom is -0.481 e. The van der Waals surface area contributed by atoms with Gasteiger partial charge in [0, 0.05) is 37.8 Å². The van der Waals surface area contributed by atoms with E-state index < -0.39 is 11.9 Å². The van der Waals surface area contributed by atoms with E-state index in [9.17, 15) is 9.90 Å². The molecule has 0 saturated carbocycles. The van der Waals surface area contributed by atoms with Crippen LogP contribution in [0.4, 0.5) is 5.69 Å². The van der Waals surface area contributed by atoms with Crippen LogP contribution in [0.1, 0.15) is 32.3 Å². The maximum Gasteiger partial charge on any atom is 0.308 e. The molecule has 176 valence electrons. The molecule has 0 bridgehead atoms. The Hall–Kier alpha value is -2.61. The summed E-state index contributed by atoms with van der Waals surface area (Å²) in [4.78, 5) is 19.3. The molecule has 8 heteroatoms. The van der Waals surface area contributed by atoms with Gasteiger partial charge >= 0.3 is 5.97 Å². The van der Waals surface area contributed by atoms with E-state index in [1.807, 2.05) is 44.2 Å². The number of para-hydroxylation sites is 1. The largest absolute Gasteiger partial charge is 0.481 e. The second-order valence-electron chi connectivity index (χ2n) is 9.10. The number of methoxy groups -OCH3 is 1. The molecule has 1 saturated heterocycles. The number of benzene rings is 2. The topological polar surface area (TPSA) is 83.4 Å². The summed E-state index contributed by atoms with van der Waals surface area (Å²) in [5.74, 6) is 0.772. The molecule has 1 unspecified atom stereocenters. The first-order chi connectivity index (χ1) is 15.8. The van der Waals surface area contributed by atoms with Crippen LogP contribution in [0.2, 0.25) is 5.02 Å². The van der Waals surface area contributed by atoms with Crippen molar-refractivity contribution in [3.63, 3.8) is 0 Å². The van der Waals surface area contributed by atoms with E-state index in [1.54, 1.807) is 19.2 Å². The summed E-state index contributed by atoms with van der Waals surface area (Å²) < 4.78 is 11.7. The summed E-state index contributed by atoms with van der Waals surface area (Å²) in [7, 11) is 1.66. The highest BCUT2D eigenvalue weighted by Crippen LogP contribution is 2.39. The molecule has 0 radical (unpaired) electrons. The first-order valence-electron chi connectivity index (χ1n) is 11.2. The minimum absolute atomic E-state index is 0.221. The molecule has 2 aliphatic heterocycles. The Morgan fingerprint density at radius 2 is 2.12 bits per heavy atom. The second-order valence-corrected chi connectivity index (χ2v) is 9.54. The number of halogens is 1. The summed E-state index contributed by atoms with van der Waals surface area (Å²) in [5.41, 5.74) is 1.16. The molecule has 2 heterocycles. The number of amidine groups is 1. The molecule has 0 aliphatic carbocycles. The average molecular weight is 472 g/mol. The van der Waals surface area contributed by atoms with Gasteiger partial charge in [0.15, 0.2) is 5.75 Å². The monoisotopic (exact) mass is 471 g/mol. The Labute approximate surface area is 199 Å². The maximum atomic E-state index is 12.2. The van der Waals surface area contributed by atoms with Crippen molar-refractivity contribution in [1.82, 2.24) is 10.2 Å². The molecule has 2 N–H and O–H groups in total. The molecule has 7 nitrogen and oxygen atoms in total. The first kappa shape index (κ1) is 23.5.